The largest absolute Gasteiger partial charge is 0.0979 e. The maximum absolute atomic E-state index is 3.32. The van der Waals surface area contributed by atoms with Crippen molar-refractivity contribution in [2.24, 2.45) is 5.92 Å². The van der Waals surface area contributed by atoms with Gasteiger partial charge in [0.2, 0.25) is 0 Å². The molecular weight excluding hydrogens is 384 g/mol. The maximum Gasteiger partial charge on any atom is 0.0249 e. The molecule has 0 unspecified atom stereocenters. The summed E-state index contributed by atoms with van der Waals surface area (Å²) < 4.78 is 0. The second kappa shape index (κ2) is 13.9. The summed E-state index contributed by atoms with van der Waals surface area (Å²) in [6.45, 7) is 4.49. The Morgan fingerprint density at radius 2 is 1.19 bits per heavy atom. The molecule has 1 fully saturated rings. The van der Waals surface area contributed by atoms with Gasteiger partial charge in [0.1, 0.15) is 0 Å². The van der Waals surface area contributed by atoms with E-state index >= 15 is 0 Å². The lowest BCUT2D eigenvalue weighted by Gasteiger charge is -2.29. The van der Waals surface area contributed by atoms with Crippen LogP contribution in [0.1, 0.15) is 119 Å². The van der Waals surface area contributed by atoms with Crippen molar-refractivity contribution in [3.8, 4) is 23.7 Å². The summed E-state index contributed by atoms with van der Waals surface area (Å²) >= 11 is 0. The monoisotopic (exact) mass is 424 g/mol. The second-order valence-corrected chi connectivity index (χ2v) is 9.42. The van der Waals surface area contributed by atoms with Gasteiger partial charge in [-0.05, 0) is 85.9 Å². The van der Waals surface area contributed by atoms with E-state index in [9.17, 15) is 0 Å². The third kappa shape index (κ3) is 8.24. The van der Waals surface area contributed by atoms with Crippen molar-refractivity contribution in [3.63, 3.8) is 0 Å². The first kappa shape index (κ1) is 24.2. The highest BCUT2D eigenvalue weighted by Gasteiger charge is 2.21. The minimum atomic E-state index is 0.745. The highest BCUT2D eigenvalue weighted by atomic mass is 14.3. The molecule has 0 aromatic heterocycles. The molecule has 0 radical (unpaired) electrons. The topological polar surface area (TPSA) is 0 Å². The third-order valence-corrected chi connectivity index (χ3v) is 6.82. The molecule has 32 heavy (non-hydrogen) atoms. The maximum atomic E-state index is 3.32. The van der Waals surface area contributed by atoms with E-state index in [0.29, 0.717) is 0 Å². The number of benzene rings is 2. The number of hydrogen-bond donors (Lipinski definition) is 0. The van der Waals surface area contributed by atoms with Crippen LogP contribution in [0.15, 0.2) is 48.5 Å². The lowest BCUT2D eigenvalue weighted by Crippen LogP contribution is -2.13. The Bertz CT molecular complexity index is 900. The fourth-order valence-corrected chi connectivity index (χ4v) is 4.69. The summed E-state index contributed by atoms with van der Waals surface area (Å²) in [6, 6.07) is 17.3. The summed E-state index contributed by atoms with van der Waals surface area (Å²) in [5.74, 6) is 14.8. The standard InChI is InChI=1S/C32H40/c1-3-5-7-9-11-27-13-15-29(16-14-27)17-18-30-21-25-32(26-22-30)31-23-19-28(20-24-31)12-10-8-6-4-2/h13-16,21-22,25-26,28,31H,3-8,10,12,19-20,23-24H2,1-2H3. The molecule has 0 amide bonds. The van der Waals surface area contributed by atoms with Gasteiger partial charge in [0.05, 0.1) is 0 Å². The molecule has 0 saturated heterocycles. The van der Waals surface area contributed by atoms with Gasteiger partial charge >= 0.3 is 0 Å². The predicted molar refractivity (Wildman–Crippen MR) is 139 cm³/mol. The average Bonchev–Trinajstić information content (AvgIpc) is 2.85. The van der Waals surface area contributed by atoms with Crippen LogP contribution in [0.3, 0.4) is 0 Å². The minimum absolute atomic E-state index is 0.745. The normalized spacial score (nSPS) is 17.7. The van der Waals surface area contributed by atoms with E-state index in [2.05, 4.69) is 86.1 Å². The van der Waals surface area contributed by atoms with Crippen LogP contribution in [0.4, 0.5) is 0 Å². The van der Waals surface area contributed by atoms with E-state index in [1.165, 1.54) is 76.2 Å². The Morgan fingerprint density at radius 3 is 1.78 bits per heavy atom. The van der Waals surface area contributed by atoms with Crippen LogP contribution >= 0.6 is 0 Å². The molecule has 1 aliphatic rings. The quantitative estimate of drug-likeness (QED) is 0.293. The van der Waals surface area contributed by atoms with Gasteiger partial charge < -0.3 is 0 Å². The number of hydrogen-bond acceptors (Lipinski definition) is 0. The zero-order chi connectivity index (χ0) is 22.4. The van der Waals surface area contributed by atoms with Gasteiger partial charge in [-0.25, -0.2) is 0 Å². The van der Waals surface area contributed by atoms with Crippen molar-refractivity contribution in [3.05, 3.63) is 70.8 Å². The van der Waals surface area contributed by atoms with Crippen LogP contribution in [-0.4, -0.2) is 0 Å². The van der Waals surface area contributed by atoms with Gasteiger partial charge in [-0.15, -0.1) is 0 Å². The second-order valence-electron chi connectivity index (χ2n) is 9.42. The van der Waals surface area contributed by atoms with Gasteiger partial charge in [0, 0.05) is 23.1 Å². The summed E-state index contributed by atoms with van der Waals surface area (Å²) in [7, 11) is 0. The molecule has 2 aromatic rings. The Kier molecular flexibility index (Phi) is 10.5. The van der Waals surface area contributed by atoms with E-state index in [0.717, 1.165) is 34.9 Å². The zero-order valence-corrected chi connectivity index (χ0v) is 20.3. The fourth-order valence-electron chi connectivity index (χ4n) is 4.69. The van der Waals surface area contributed by atoms with Crippen molar-refractivity contribution >= 4 is 0 Å². The molecule has 0 aliphatic heterocycles. The van der Waals surface area contributed by atoms with Gasteiger partial charge in [-0.1, -0.05) is 88.2 Å². The summed E-state index contributed by atoms with van der Waals surface area (Å²) in [5.41, 5.74) is 4.73. The lowest BCUT2D eigenvalue weighted by atomic mass is 9.77. The molecule has 0 heterocycles. The molecule has 0 bridgehead atoms. The van der Waals surface area contributed by atoms with Crippen LogP contribution < -0.4 is 0 Å². The van der Waals surface area contributed by atoms with Crippen LogP contribution in [-0.2, 0) is 0 Å². The molecule has 2 aromatic carbocycles. The minimum Gasteiger partial charge on any atom is -0.0979 e. The van der Waals surface area contributed by atoms with Crippen molar-refractivity contribution in [1.29, 1.82) is 0 Å². The molecule has 0 heteroatoms. The van der Waals surface area contributed by atoms with Crippen molar-refractivity contribution in [2.75, 3.05) is 0 Å². The average molecular weight is 425 g/mol. The molecule has 168 valence electrons. The van der Waals surface area contributed by atoms with Crippen molar-refractivity contribution in [2.45, 2.75) is 96.8 Å². The van der Waals surface area contributed by atoms with E-state index in [1.54, 1.807) is 0 Å². The van der Waals surface area contributed by atoms with E-state index in [-0.39, 0.29) is 0 Å². The predicted octanol–water partition coefficient (Wildman–Crippen LogP) is 8.87. The van der Waals surface area contributed by atoms with Gasteiger partial charge in [0.15, 0.2) is 0 Å². The highest BCUT2D eigenvalue weighted by molar-refractivity contribution is 5.46. The number of rotatable bonds is 8. The fraction of sp³-hybridized carbons (Fsp3) is 0.500. The smallest absolute Gasteiger partial charge is 0.0249 e. The molecule has 0 nitrogen and oxygen atoms in total. The van der Waals surface area contributed by atoms with Gasteiger partial charge in [-0.2, -0.15) is 0 Å². The molecule has 0 N–H and O–H groups in total. The summed E-state index contributed by atoms with van der Waals surface area (Å²) in [5, 5.41) is 0. The summed E-state index contributed by atoms with van der Waals surface area (Å²) in [4.78, 5) is 0. The number of unbranched alkanes of at least 4 members (excludes halogenated alkanes) is 5. The van der Waals surface area contributed by atoms with Crippen molar-refractivity contribution < 1.29 is 0 Å². The molecule has 0 spiro atoms. The van der Waals surface area contributed by atoms with Crippen LogP contribution in [0.5, 0.6) is 0 Å². The Morgan fingerprint density at radius 1 is 0.625 bits per heavy atom. The van der Waals surface area contributed by atoms with Crippen molar-refractivity contribution in [1.82, 2.24) is 0 Å². The zero-order valence-electron chi connectivity index (χ0n) is 20.3. The van der Waals surface area contributed by atoms with Gasteiger partial charge in [0.25, 0.3) is 0 Å². The lowest BCUT2D eigenvalue weighted by molar-refractivity contribution is 0.302. The highest BCUT2D eigenvalue weighted by Crippen LogP contribution is 2.37. The van der Waals surface area contributed by atoms with Crippen LogP contribution in [0.25, 0.3) is 0 Å². The molecule has 1 aliphatic carbocycles. The van der Waals surface area contributed by atoms with E-state index in [4.69, 9.17) is 0 Å². The van der Waals surface area contributed by atoms with Gasteiger partial charge in [-0.3, -0.25) is 0 Å². The molecular formula is C32H40. The Labute approximate surface area is 197 Å². The first-order chi connectivity index (χ1) is 15.8. The van der Waals surface area contributed by atoms with E-state index < -0.39 is 0 Å². The SMILES string of the molecule is CCCCC#Cc1ccc(C#Cc2ccc(C3CCC(CCCCCC)CC3)cc2)cc1. The Balaban J connectivity index is 1.47. The first-order valence-electron chi connectivity index (χ1n) is 13.0. The molecule has 1 saturated carbocycles. The van der Waals surface area contributed by atoms with E-state index in [1.807, 2.05) is 0 Å². The van der Waals surface area contributed by atoms with Crippen LogP contribution in [0.2, 0.25) is 0 Å². The Hall–Kier alpha value is -2.44. The molecule has 0 atom stereocenters. The third-order valence-electron chi connectivity index (χ3n) is 6.82. The summed E-state index contributed by atoms with van der Waals surface area (Å²) in [6.07, 6.45) is 16.0. The van der Waals surface area contributed by atoms with Crippen LogP contribution in [0, 0.1) is 29.6 Å². The first-order valence-corrected chi connectivity index (χ1v) is 13.0. The molecule has 3 rings (SSSR count).